The van der Waals surface area contributed by atoms with Crippen LogP contribution in [-0.2, 0) is 19.1 Å². The molecule has 0 aromatic heterocycles. The van der Waals surface area contributed by atoms with Gasteiger partial charge in [0, 0.05) is 14.1 Å². The van der Waals surface area contributed by atoms with Gasteiger partial charge in [-0.2, -0.15) is 0 Å². The monoisotopic (exact) mass is 314 g/mol. The lowest BCUT2D eigenvalue weighted by atomic mass is 11.0. The van der Waals surface area contributed by atoms with Gasteiger partial charge in [0.2, 0.25) is 6.41 Å². The Morgan fingerprint density at radius 2 is 1.16 bits per heavy atom. The highest BCUT2D eigenvalue weighted by Crippen LogP contribution is 1.35. The molecule has 0 heterocycles. The molecule has 0 spiro atoms. The topological polar surface area (TPSA) is 84.5 Å². The number of carbonyl (C=O) groups excluding carboxylic acids is 3. The van der Waals surface area contributed by atoms with Crippen LogP contribution in [0.5, 0.6) is 0 Å². The van der Waals surface area contributed by atoms with E-state index in [0.29, 0.717) is 12.9 Å². The van der Waals surface area contributed by atoms with E-state index in [4.69, 9.17) is 14.4 Å². The number of amides is 1. The molecule has 0 atom stereocenters. The summed E-state index contributed by atoms with van der Waals surface area (Å²) in [5.74, 6) is 0. The molecule has 0 rings (SSSR count). The SMILES string of the molecule is C.CC=O.CC=S.CNC=O.CNC=S.COC=O. The number of methoxy groups -OCH3 is 1. The van der Waals surface area contributed by atoms with Crippen molar-refractivity contribution in [1.29, 1.82) is 0 Å². The van der Waals surface area contributed by atoms with Gasteiger partial charge in [-0.15, -0.1) is 0 Å². The average Bonchev–Trinajstić information content (AvgIpc) is 2.40. The van der Waals surface area contributed by atoms with Gasteiger partial charge in [0.1, 0.15) is 6.29 Å². The number of carbonyl (C=O) groups is 3. The van der Waals surface area contributed by atoms with Gasteiger partial charge < -0.3 is 20.2 Å². The zero-order chi connectivity index (χ0) is 15.7. The average molecular weight is 314 g/mol. The fourth-order valence-electron chi connectivity index (χ4n) is 0. The second-order valence-corrected chi connectivity index (χ2v) is 2.32. The van der Waals surface area contributed by atoms with E-state index in [2.05, 4.69) is 39.8 Å². The normalized spacial score (nSPS) is 4.68. The minimum atomic E-state index is 0. The summed E-state index contributed by atoms with van der Waals surface area (Å²) in [4.78, 5) is 26.8. The third-order valence-corrected chi connectivity index (χ3v) is 0.568. The van der Waals surface area contributed by atoms with E-state index >= 15 is 0 Å². The molecule has 0 radical (unpaired) electrons. The summed E-state index contributed by atoms with van der Waals surface area (Å²) in [7, 11) is 4.65. The van der Waals surface area contributed by atoms with Crippen LogP contribution in [-0.4, -0.2) is 51.2 Å². The largest absolute Gasteiger partial charge is 0.471 e. The van der Waals surface area contributed by atoms with Crippen LogP contribution in [0.4, 0.5) is 0 Å². The summed E-state index contributed by atoms with van der Waals surface area (Å²) in [6, 6.07) is 0. The fourth-order valence-corrected chi connectivity index (χ4v) is 0. The fraction of sp³-hybridized carbons (Fsp3) is 0.545. The van der Waals surface area contributed by atoms with Crippen molar-refractivity contribution in [2.24, 2.45) is 0 Å². The van der Waals surface area contributed by atoms with Gasteiger partial charge in [0.25, 0.3) is 6.47 Å². The molecule has 0 bridgehead atoms. The maximum absolute atomic E-state index is 9.06. The molecule has 0 aliphatic carbocycles. The lowest BCUT2D eigenvalue weighted by Gasteiger charge is -1.68. The molecule has 1 amide bonds. The van der Waals surface area contributed by atoms with E-state index < -0.39 is 0 Å². The Morgan fingerprint density at radius 1 is 1.00 bits per heavy atom. The van der Waals surface area contributed by atoms with Crippen molar-refractivity contribution >= 4 is 54.5 Å². The minimum Gasteiger partial charge on any atom is -0.471 e. The molecule has 2 N–H and O–H groups in total. The molecule has 0 aromatic carbocycles. The van der Waals surface area contributed by atoms with Crippen LogP contribution in [0, 0.1) is 0 Å². The van der Waals surface area contributed by atoms with Crippen molar-refractivity contribution < 1.29 is 19.1 Å². The molecule has 0 aliphatic heterocycles. The van der Waals surface area contributed by atoms with Crippen LogP contribution < -0.4 is 10.6 Å². The van der Waals surface area contributed by atoms with Crippen molar-refractivity contribution in [2.75, 3.05) is 21.2 Å². The highest BCUT2D eigenvalue weighted by Gasteiger charge is 1.44. The summed E-state index contributed by atoms with van der Waals surface area (Å²) >= 11 is 8.59. The number of ether oxygens (including phenoxy) is 1. The molecule has 0 saturated carbocycles. The Bertz CT molecular complexity index is 146. The first-order valence-corrected chi connectivity index (χ1v) is 5.50. The lowest BCUT2D eigenvalue weighted by Crippen LogP contribution is -1.98. The van der Waals surface area contributed by atoms with Crippen molar-refractivity contribution in [3.05, 3.63) is 0 Å². The van der Waals surface area contributed by atoms with Crippen LogP contribution in [0.2, 0.25) is 0 Å². The lowest BCUT2D eigenvalue weighted by molar-refractivity contribution is -0.126. The molecule has 19 heavy (non-hydrogen) atoms. The van der Waals surface area contributed by atoms with Crippen molar-refractivity contribution in [3.63, 3.8) is 0 Å². The summed E-state index contributed by atoms with van der Waals surface area (Å²) in [5, 5.41) is 6.45. The predicted octanol–water partition coefficient (Wildman–Crippen LogP) is 1.16. The van der Waals surface area contributed by atoms with E-state index in [1.807, 2.05) is 6.92 Å². The van der Waals surface area contributed by atoms with Crippen molar-refractivity contribution in [1.82, 2.24) is 10.6 Å². The molecule has 116 valence electrons. The van der Waals surface area contributed by atoms with Crippen molar-refractivity contribution in [3.8, 4) is 0 Å². The Morgan fingerprint density at radius 3 is 1.16 bits per heavy atom. The van der Waals surface area contributed by atoms with Gasteiger partial charge >= 0.3 is 0 Å². The van der Waals surface area contributed by atoms with Crippen LogP contribution in [0.1, 0.15) is 21.3 Å². The number of thiocarbonyl (C=S) groups is 2. The molecule has 0 saturated heterocycles. The third-order valence-electron chi connectivity index (χ3n) is 0.332. The van der Waals surface area contributed by atoms with Crippen LogP contribution in [0.3, 0.4) is 0 Å². The van der Waals surface area contributed by atoms with Gasteiger partial charge in [0.15, 0.2) is 0 Å². The Balaban J connectivity index is -0.0000000276. The van der Waals surface area contributed by atoms with Crippen molar-refractivity contribution in [2.45, 2.75) is 21.3 Å². The second-order valence-electron chi connectivity index (χ2n) is 1.62. The zero-order valence-corrected chi connectivity index (χ0v) is 13.0. The summed E-state index contributed by atoms with van der Waals surface area (Å²) < 4.78 is 3.86. The number of hydrogen-bond donors (Lipinski definition) is 2. The molecule has 0 fully saturated rings. The number of hydrogen-bond acceptors (Lipinski definition) is 6. The molecule has 0 unspecified atom stereocenters. The van der Waals surface area contributed by atoms with Crippen LogP contribution >= 0.6 is 24.4 Å². The maximum Gasteiger partial charge on any atom is 0.292 e. The quantitative estimate of drug-likeness (QED) is 0.597. The molecular formula is C11H26N2O4S2. The Hall–Kier alpha value is -1.41. The molecule has 0 aliphatic rings. The molecule has 8 heteroatoms. The molecule has 0 aromatic rings. The smallest absolute Gasteiger partial charge is 0.292 e. The van der Waals surface area contributed by atoms with E-state index in [1.165, 1.54) is 19.5 Å². The molecule has 6 nitrogen and oxygen atoms in total. The number of aldehydes is 1. The summed E-state index contributed by atoms with van der Waals surface area (Å²) in [6.07, 6.45) is 1.38. The van der Waals surface area contributed by atoms with Gasteiger partial charge in [-0.1, -0.05) is 31.9 Å². The maximum atomic E-state index is 9.06. The third kappa shape index (κ3) is 1400. The molecular weight excluding hydrogens is 288 g/mol. The highest BCUT2D eigenvalue weighted by atomic mass is 32.1. The standard InChI is InChI=1S/C2H5NO.C2H5NS.C2H4O2.C2H4O.C2H4S.CH4/c2*1-3-2-4;1-4-2-3;2*1-2-3;/h2*2H,1H3,(H,3,4);2H,1H3;2*2H,1H3;1H4. The van der Waals surface area contributed by atoms with E-state index in [9.17, 15) is 0 Å². The van der Waals surface area contributed by atoms with E-state index in [1.54, 1.807) is 19.5 Å². The first-order chi connectivity index (χ1) is 8.57. The Kier molecular flexibility index (Phi) is 176. The Labute approximate surface area is 127 Å². The van der Waals surface area contributed by atoms with Crippen LogP contribution in [0.15, 0.2) is 0 Å². The number of rotatable bonds is 3. The minimum absolute atomic E-state index is 0. The van der Waals surface area contributed by atoms with Gasteiger partial charge in [-0.25, -0.2) is 0 Å². The summed E-state index contributed by atoms with van der Waals surface area (Å²) in [6.45, 7) is 3.63. The van der Waals surface area contributed by atoms with E-state index in [-0.39, 0.29) is 7.43 Å². The first-order valence-electron chi connectivity index (χ1n) is 4.55. The van der Waals surface area contributed by atoms with Gasteiger partial charge in [0.05, 0.1) is 12.6 Å². The van der Waals surface area contributed by atoms with Gasteiger partial charge in [-0.3, -0.25) is 9.59 Å². The highest BCUT2D eigenvalue weighted by molar-refractivity contribution is 7.79. The van der Waals surface area contributed by atoms with Crippen LogP contribution in [0.25, 0.3) is 0 Å². The second kappa shape index (κ2) is 92.8. The van der Waals surface area contributed by atoms with E-state index in [0.717, 1.165) is 6.29 Å². The zero-order valence-electron chi connectivity index (χ0n) is 11.3. The first kappa shape index (κ1) is 36.0. The number of nitrogens with one attached hydrogen (secondary N) is 2. The summed E-state index contributed by atoms with van der Waals surface area (Å²) in [5.41, 5.74) is 1.46. The predicted molar refractivity (Wildman–Crippen MR) is 88.7 cm³/mol. The van der Waals surface area contributed by atoms with Gasteiger partial charge in [-0.05, 0) is 19.2 Å².